The Morgan fingerprint density at radius 2 is 2.10 bits per heavy atom. The molecule has 4 aromatic rings. The first-order valence-electron chi connectivity index (χ1n) is 9.38. The first kappa shape index (κ1) is 20.3. The summed E-state index contributed by atoms with van der Waals surface area (Å²) in [5, 5.41) is 6.37. The number of benzene rings is 1. The van der Waals surface area contributed by atoms with E-state index in [2.05, 4.69) is 25.6 Å². The van der Waals surface area contributed by atoms with Gasteiger partial charge in [-0.1, -0.05) is 17.7 Å². The lowest BCUT2D eigenvalue weighted by Crippen LogP contribution is -2.16. The average Bonchev–Trinajstić information content (AvgIpc) is 3.38. The molecular weight excluding hydrogens is 422 g/mol. The molecule has 0 fully saturated rings. The molecule has 0 radical (unpaired) electrons. The van der Waals surface area contributed by atoms with Crippen LogP contribution < -0.4 is 16.4 Å². The molecule has 4 rings (SSSR count). The fraction of sp³-hybridized carbons (Fsp3) is 0.200. The molecule has 154 valence electrons. The van der Waals surface area contributed by atoms with Crippen LogP contribution in [0.25, 0.3) is 21.6 Å². The molecule has 0 aliphatic carbocycles. The van der Waals surface area contributed by atoms with Crippen molar-refractivity contribution in [1.82, 2.24) is 19.5 Å². The Hall–Kier alpha value is -3.01. The molecule has 30 heavy (non-hydrogen) atoms. The van der Waals surface area contributed by atoms with Gasteiger partial charge in [0.05, 0.1) is 26.0 Å². The molecule has 10 heteroatoms. The predicted octanol–water partition coefficient (Wildman–Crippen LogP) is 3.85. The first-order chi connectivity index (χ1) is 14.6. The summed E-state index contributed by atoms with van der Waals surface area (Å²) in [6, 6.07) is 11.0. The van der Waals surface area contributed by atoms with E-state index in [1.807, 2.05) is 28.8 Å². The molecule has 0 aliphatic rings. The smallest absolute Gasteiger partial charge is 0.268 e. The quantitative estimate of drug-likeness (QED) is 0.401. The normalized spacial score (nSPS) is 11.0. The van der Waals surface area contributed by atoms with E-state index < -0.39 is 0 Å². The zero-order chi connectivity index (χ0) is 21.1. The van der Waals surface area contributed by atoms with Crippen molar-refractivity contribution < 1.29 is 4.79 Å². The van der Waals surface area contributed by atoms with Gasteiger partial charge in [0.15, 0.2) is 0 Å². The Bertz CT molecular complexity index is 1200. The van der Waals surface area contributed by atoms with E-state index in [0.29, 0.717) is 40.4 Å². The molecule has 4 N–H and O–H groups in total. The summed E-state index contributed by atoms with van der Waals surface area (Å²) in [7, 11) is 1.76. The van der Waals surface area contributed by atoms with Gasteiger partial charge in [-0.15, -0.1) is 11.3 Å². The number of anilines is 2. The largest absolute Gasteiger partial charge is 0.357 e. The minimum absolute atomic E-state index is 0.241. The van der Waals surface area contributed by atoms with E-state index >= 15 is 0 Å². The zero-order valence-electron chi connectivity index (χ0n) is 16.2. The van der Waals surface area contributed by atoms with E-state index in [-0.39, 0.29) is 5.91 Å². The number of aryl methyl sites for hydroxylation is 1. The van der Waals surface area contributed by atoms with Gasteiger partial charge in [0, 0.05) is 19.8 Å². The number of rotatable bonds is 7. The van der Waals surface area contributed by atoms with Crippen LogP contribution in [0.3, 0.4) is 0 Å². The number of fused-ring (bicyclic) bond motifs is 1. The Morgan fingerprint density at radius 1 is 1.23 bits per heavy atom. The Morgan fingerprint density at radius 3 is 2.90 bits per heavy atom. The lowest BCUT2D eigenvalue weighted by atomic mass is 10.3. The number of hydrogen-bond donors (Lipinski definition) is 3. The Labute approximate surface area is 182 Å². The van der Waals surface area contributed by atoms with Crippen LogP contribution in [0.5, 0.6) is 0 Å². The first-order valence-corrected chi connectivity index (χ1v) is 10.6. The Kier molecular flexibility index (Phi) is 5.93. The van der Waals surface area contributed by atoms with Gasteiger partial charge in [0.1, 0.15) is 5.52 Å². The van der Waals surface area contributed by atoms with Crippen molar-refractivity contribution in [2.45, 2.75) is 13.0 Å². The van der Waals surface area contributed by atoms with Crippen molar-refractivity contribution >= 4 is 51.8 Å². The number of para-hydroxylation sites is 1. The molecule has 0 saturated carbocycles. The lowest BCUT2D eigenvalue weighted by molar-refractivity contribution is 0.102. The van der Waals surface area contributed by atoms with Gasteiger partial charge in [-0.05, 0) is 43.3 Å². The number of halogens is 1. The average molecular weight is 442 g/mol. The number of nitrogens with one attached hydrogen (secondary N) is 2. The maximum Gasteiger partial charge on any atom is 0.268 e. The summed E-state index contributed by atoms with van der Waals surface area (Å²) in [4.78, 5) is 27.4. The van der Waals surface area contributed by atoms with E-state index in [1.54, 1.807) is 25.4 Å². The van der Waals surface area contributed by atoms with Gasteiger partial charge >= 0.3 is 0 Å². The summed E-state index contributed by atoms with van der Waals surface area (Å²) in [5.74, 6) is 0.734. The number of carbonyl (C=O) groups excluding carboxylic acids is 1. The number of carbonyl (C=O) groups is 1. The van der Waals surface area contributed by atoms with Crippen LogP contribution in [-0.2, 0) is 6.54 Å². The molecule has 0 spiro atoms. The second kappa shape index (κ2) is 8.78. The van der Waals surface area contributed by atoms with Crippen molar-refractivity contribution in [3.05, 3.63) is 52.5 Å². The van der Waals surface area contributed by atoms with E-state index in [0.717, 1.165) is 22.5 Å². The molecule has 8 nitrogen and oxygen atoms in total. The summed E-state index contributed by atoms with van der Waals surface area (Å²) in [5.41, 5.74) is 7.94. The molecule has 3 aromatic heterocycles. The van der Waals surface area contributed by atoms with Gasteiger partial charge in [0.25, 0.3) is 5.91 Å². The standard InChI is InChI=1S/C20H20ClN7OS/c1-23-19-24-10-8-13(25-19)15-6-7-16(30-15)18(29)27-20-26-17-12(21)4-2-5-14(17)28(20)11-3-9-22/h2,4-8,10H,3,9,11,22H2,1H3,(H,23,24,25)(H,26,27,29). The van der Waals surface area contributed by atoms with Gasteiger partial charge in [-0.3, -0.25) is 10.1 Å². The SMILES string of the molecule is CNc1nccc(-c2ccc(C(=O)Nc3nc4c(Cl)cccc4n3CCCN)s2)n1. The van der Waals surface area contributed by atoms with Gasteiger partial charge in [0.2, 0.25) is 11.9 Å². The van der Waals surface area contributed by atoms with Crippen molar-refractivity contribution in [2.24, 2.45) is 5.73 Å². The van der Waals surface area contributed by atoms with Gasteiger partial charge in [-0.2, -0.15) is 0 Å². The maximum atomic E-state index is 12.9. The highest BCUT2D eigenvalue weighted by Gasteiger charge is 2.17. The fourth-order valence-electron chi connectivity index (χ4n) is 3.06. The van der Waals surface area contributed by atoms with Crippen LogP contribution in [0.1, 0.15) is 16.1 Å². The van der Waals surface area contributed by atoms with Crippen LogP contribution in [0.4, 0.5) is 11.9 Å². The van der Waals surface area contributed by atoms with E-state index in [4.69, 9.17) is 17.3 Å². The highest BCUT2D eigenvalue weighted by molar-refractivity contribution is 7.17. The monoisotopic (exact) mass is 441 g/mol. The molecule has 0 unspecified atom stereocenters. The Balaban J connectivity index is 1.62. The second-order valence-corrected chi connectivity index (χ2v) is 7.96. The molecular formula is C20H20ClN7OS. The minimum Gasteiger partial charge on any atom is -0.357 e. The number of thiophene rings is 1. The maximum absolute atomic E-state index is 12.9. The molecule has 1 amide bonds. The molecule has 0 bridgehead atoms. The molecule has 3 heterocycles. The zero-order valence-corrected chi connectivity index (χ0v) is 17.8. The van der Waals surface area contributed by atoms with Crippen LogP contribution in [-0.4, -0.2) is 39.0 Å². The lowest BCUT2D eigenvalue weighted by Gasteiger charge is -2.09. The number of amides is 1. The minimum atomic E-state index is -0.241. The van der Waals surface area contributed by atoms with E-state index in [1.165, 1.54) is 11.3 Å². The topological polar surface area (TPSA) is 111 Å². The second-order valence-electron chi connectivity index (χ2n) is 6.47. The third-order valence-electron chi connectivity index (χ3n) is 4.50. The van der Waals surface area contributed by atoms with Crippen LogP contribution >= 0.6 is 22.9 Å². The van der Waals surface area contributed by atoms with Crippen LogP contribution in [0.2, 0.25) is 5.02 Å². The highest BCUT2D eigenvalue weighted by Crippen LogP contribution is 2.29. The van der Waals surface area contributed by atoms with Gasteiger partial charge in [-0.25, -0.2) is 15.0 Å². The third-order valence-corrected chi connectivity index (χ3v) is 5.91. The summed E-state index contributed by atoms with van der Waals surface area (Å²) < 4.78 is 1.93. The predicted molar refractivity (Wildman–Crippen MR) is 121 cm³/mol. The molecule has 0 aliphatic heterocycles. The third kappa shape index (κ3) is 4.00. The summed E-state index contributed by atoms with van der Waals surface area (Å²) in [6.45, 7) is 1.17. The van der Waals surface area contributed by atoms with Crippen molar-refractivity contribution in [3.8, 4) is 10.6 Å². The van der Waals surface area contributed by atoms with Crippen LogP contribution in [0.15, 0.2) is 42.6 Å². The van der Waals surface area contributed by atoms with Crippen molar-refractivity contribution in [1.29, 1.82) is 0 Å². The number of imidazole rings is 1. The highest BCUT2D eigenvalue weighted by atomic mass is 35.5. The number of aromatic nitrogens is 4. The fourth-order valence-corrected chi connectivity index (χ4v) is 4.14. The summed E-state index contributed by atoms with van der Waals surface area (Å²) in [6.07, 6.45) is 2.43. The van der Waals surface area contributed by atoms with Crippen LogP contribution in [0, 0.1) is 0 Å². The van der Waals surface area contributed by atoms with Crippen molar-refractivity contribution in [2.75, 3.05) is 24.2 Å². The number of hydrogen-bond acceptors (Lipinski definition) is 7. The summed E-state index contributed by atoms with van der Waals surface area (Å²) >= 11 is 7.65. The molecule has 0 atom stereocenters. The molecule has 1 aromatic carbocycles. The van der Waals surface area contributed by atoms with E-state index in [9.17, 15) is 4.79 Å². The number of nitrogens with zero attached hydrogens (tertiary/aromatic N) is 4. The van der Waals surface area contributed by atoms with Gasteiger partial charge < -0.3 is 15.6 Å². The van der Waals surface area contributed by atoms with Crippen molar-refractivity contribution in [3.63, 3.8) is 0 Å². The molecule has 0 saturated heterocycles. The number of nitrogens with two attached hydrogens (primary N) is 1.